The summed E-state index contributed by atoms with van der Waals surface area (Å²) in [5, 5.41) is 11.2. The number of Topliss-reactive ketones (excluding diaryl/α,β-unsaturated/α-hetero) is 1. The van der Waals surface area contributed by atoms with Crippen molar-refractivity contribution >= 4 is 29.0 Å². The standard InChI is InChI=1S/C33H30F3NO6/c34-33(35,36)43-27-16-14-23(15-17-27)28(20-29(38)24-8-6-22(7-9-24)21-4-2-1-3-5-21)31(41)25-10-12-26(13-11-25)32(42)37-19-18-30(39)40/h6-17,20-21H,1-5,18-19H2,(H,37,42)(H,39,40). The van der Waals surface area contributed by atoms with E-state index in [0.29, 0.717) is 11.5 Å². The molecule has 0 aliphatic heterocycles. The quantitative estimate of drug-likeness (QED) is 0.183. The molecule has 10 heteroatoms. The maximum absolute atomic E-state index is 13.6. The first-order valence-corrected chi connectivity index (χ1v) is 13.9. The lowest BCUT2D eigenvalue weighted by Crippen LogP contribution is -2.26. The van der Waals surface area contributed by atoms with Gasteiger partial charge in [-0.25, -0.2) is 0 Å². The zero-order valence-corrected chi connectivity index (χ0v) is 23.2. The summed E-state index contributed by atoms with van der Waals surface area (Å²) in [5.41, 5.74) is 1.97. The molecule has 3 aromatic carbocycles. The van der Waals surface area contributed by atoms with E-state index in [2.05, 4.69) is 10.1 Å². The van der Waals surface area contributed by atoms with Gasteiger partial charge < -0.3 is 15.2 Å². The number of rotatable bonds is 11. The Morgan fingerprint density at radius 2 is 1.35 bits per heavy atom. The van der Waals surface area contributed by atoms with Gasteiger partial charge in [0.2, 0.25) is 0 Å². The Morgan fingerprint density at radius 3 is 1.93 bits per heavy atom. The Kier molecular flexibility index (Phi) is 10.1. The van der Waals surface area contributed by atoms with Gasteiger partial charge in [0.05, 0.1) is 6.42 Å². The van der Waals surface area contributed by atoms with Crippen molar-refractivity contribution < 1.29 is 42.2 Å². The zero-order valence-electron chi connectivity index (χ0n) is 23.2. The second-order valence-corrected chi connectivity index (χ2v) is 10.3. The van der Waals surface area contributed by atoms with Gasteiger partial charge in [0.15, 0.2) is 11.6 Å². The van der Waals surface area contributed by atoms with Gasteiger partial charge in [-0.3, -0.25) is 19.2 Å². The van der Waals surface area contributed by atoms with E-state index in [1.54, 1.807) is 12.1 Å². The number of aliphatic carboxylic acids is 1. The van der Waals surface area contributed by atoms with E-state index in [4.69, 9.17) is 5.11 Å². The summed E-state index contributed by atoms with van der Waals surface area (Å²) in [5.74, 6) is -2.66. The number of carboxylic acid groups (broad SMARTS) is 1. The molecule has 7 nitrogen and oxygen atoms in total. The normalized spacial score (nSPS) is 14.2. The van der Waals surface area contributed by atoms with E-state index in [0.717, 1.165) is 36.6 Å². The highest BCUT2D eigenvalue weighted by molar-refractivity contribution is 6.32. The molecule has 2 N–H and O–H groups in total. The van der Waals surface area contributed by atoms with Crippen molar-refractivity contribution in [2.24, 2.45) is 0 Å². The lowest BCUT2D eigenvalue weighted by Gasteiger charge is -2.21. The number of ketones is 2. The molecule has 0 atom stereocenters. The second kappa shape index (κ2) is 14.0. The van der Waals surface area contributed by atoms with Crippen molar-refractivity contribution in [1.29, 1.82) is 0 Å². The fraction of sp³-hybridized carbons (Fsp3) is 0.273. The predicted octanol–water partition coefficient (Wildman–Crippen LogP) is 6.99. The van der Waals surface area contributed by atoms with E-state index in [-0.39, 0.29) is 35.2 Å². The summed E-state index contributed by atoms with van der Waals surface area (Å²) in [6, 6.07) is 17.4. The van der Waals surface area contributed by atoms with Crippen LogP contribution in [-0.2, 0) is 4.79 Å². The van der Waals surface area contributed by atoms with Crippen LogP contribution in [0.2, 0.25) is 0 Å². The summed E-state index contributed by atoms with van der Waals surface area (Å²) in [7, 11) is 0. The number of halogens is 3. The van der Waals surface area contributed by atoms with E-state index >= 15 is 0 Å². The number of carbonyl (C=O) groups excluding carboxylic acids is 3. The summed E-state index contributed by atoms with van der Waals surface area (Å²) >= 11 is 0. The number of alkyl halides is 3. The van der Waals surface area contributed by atoms with Crippen LogP contribution in [-0.4, -0.2) is 41.5 Å². The maximum atomic E-state index is 13.6. The third-order valence-corrected chi connectivity index (χ3v) is 7.22. The molecule has 224 valence electrons. The third kappa shape index (κ3) is 8.88. The maximum Gasteiger partial charge on any atom is 0.573 e. The van der Waals surface area contributed by atoms with Crippen molar-refractivity contribution in [3.63, 3.8) is 0 Å². The van der Waals surface area contributed by atoms with Gasteiger partial charge in [0, 0.05) is 28.8 Å². The lowest BCUT2D eigenvalue weighted by molar-refractivity contribution is -0.274. The first-order valence-electron chi connectivity index (χ1n) is 13.9. The van der Waals surface area contributed by atoms with Crippen molar-refractivity contribution in [3.05, 3.63) is 107 Å². The molecule has 0 aromatic heterocycles. The Morgan fingerprint density at radius 1 is 0.791 bits per heavy atom. The highest BCUT2D eigenvalue weighted by Crippen LogP contribution is 2.33. The molecule has 0 saturated heterocycles. The van der Waals surface area contributed by atoms with Crippen LogP contribution in [0, 0.1) is 0 Å². The van der Waals surface area contributed by atoms with E-state index in [9.17, 15) is 32.3 Å². The fourth-order valence-corrected chi connectivity index (χ4v) is 5.00. The first kappa shape index (κ1) is 31.2. The Bertz CT molecular complexity index is 1490. The predicted molar refractivity (Wildman–Crippen MR) is 153 cm³/mol. The van der Waals surface area contributed by atoms with Crippen molar-refractivity contribution in [2.45, 2.75) is 50.8 Å². The van der Waals surface area contributed by atoms with E-state index in [1.807, 2.05) is 12.1 Å². The van der Waals surface area contributed by atoms with Crippen molar-refractivity contribution in [1.82, 2.24) is 5.32 Å². The summed E-state index contributed by atoms with van der Waals surface area (Å²) in [4.78, 5) is 49.9. The molecular weight excluding hydrogens is 563 g/mol. The van der Waals surface area contributed by atoms with Gasteiger partial charge in [-0.15, -0.1) is 13.2 Å². The third-order valence-electron chi connectivity index (χ3n) is 7.22. The summed E-state index contributed by atoms with van der Waals surface area (Å²) < 4.78 is 41.9. The highest BCUT2D eigenvalue weighted by Gasteiger charge is 2.31. The molecule has 4 rings (SSSR count). The van der Waals surface area contributed by atoms with Crippen LogP contribution < -0.4 is 10.1 Å². The van der Waals surface area contributed by atoms with Crippen LogP contribution >= 0.6 is 0 Å². The molecule has 0 bridgehead atoms. The van der Waals surface area contributed by atoms with Crippen LogP contribution in [0.1, 0.15) is 86.6 Å². The number of allylic oxidation sites excluding steroid dienone is 2. The second-order valence-electron chi connectivity index (χ2n) is 10.3. The van der Waals surface area contributed by atoms with Crippen LogP contribution in [0.15, 0.2) is 78.9 Å². The molecular formula is C33H30F3NO6. The van der Waals surface area contributed by atoms with Crippen molar-refractivity contribution in [2.75, 3.05) is 6.54 Å². The van der Waals surface area contributed by atoms with Crippen LogP contribution in [0.25, 0.3) is 5.57 Å². The van der Waals surface area contributed by atoms with Crippen LogP contribution in [0.4, 0.5) is 13.2 Å². The number of hydrogen-bond donors (Lipinski definition) is 2. The molecule has 3 aromatic rings. The minimum Gasteiger partial charge on any atom is -0.481 e. The number of nitrogens with one attached hydrogen (secondary N) is 1. The average molecular weight is 594 g/mol. The molecule has 1 aliphatic carbocycles. The van der Waals surface area contributed by atoms with Gasteiger partial charge in [-0.1, -0.05) is 67.8 Å². The van der Waals surface area contributed by atoms with E-state index < -0.39 is 35.6 Å². The number of ether oxygens (including phenoxy) is 1. The summed E-state index contributed by atoms with van der Waals surface area (Å²) in [6.45, 7) is -0.0699. The monoisotopic (exact) mass is 593 g/mol. The zero-order chi connectivity index (χ0) is 31.0. The molecule has 0 heterocycles. The lowest BCUT2D eigenvalue weighted by atomic mass is 9.84. The number of carbonyl (C=O) groups is 4. The molecule has 0 radical (unpaired) electrons. The topological polar surface area (TPSA) is 110 Å². The van der Waals surface area contributed by atoms with Gasteiger partial charge >= 0.3 is 12.3 Å². The van der Waals surface area contributed by atoms with Gasteiger partial charge in [-0.05, 0) is 60.2 Å². The molecule has 0 unspecified atom stereocenters. The minimum atomic E-state index is -4.89. The average Bonchev–Trinajstić information content (AvgIpc) is 2.99. The molecule has 1 fully saturated rings. The molecule has 1 amide bonds. The van der Waals surface area contributed by atoms with Gasteiger partial charge in [0.25, 0.3) is 5.91 Å². The minimum absolute atomic E-state index is 0.0569. The van der Waals surface area contributed by atoms with Crippen LogP contribution in [0.3, 0.4) is 0 Å². The molecule has 43 heavy (non-hydrogen) atoms. The molecule has 1 saturated carbocycles. The fourth-order valence-electron chi connectivity index (χ4n) is 5.00. The first-order chi connectivity index (χ1) is 20.5. The largest absolute Gasteiger partial charge is 0.573 e. The molecule has 1 aliphatic rings. The number of amides is 1. The van der Waals surface area contributed by atoms with E-state index in [1.165, 1.54) is 55.7 Å². The van der Waals surface area contributed by atoms with Crippen molar-refractivity contribution in [3.8, 4) is 5.75 Å². The number of benzene rings is 3. The molecule has 0 spiro atoms. The summed E-state index contributed by atoms with van der Waals surface area (Å²) in [6.07, 6.45) is 1.78. The number of carboxylic acids is 1. The smallest absolute Gasteiger partial charge is 0.481 e. The Balaban J connectivity index is 1.60. The Labute approximate surface area is 246 Å². The van der Waals surface area contributed by atoms with Crippen LogP contribution in [0.5, 0.6) is 5.75 Å². The SMILES string of the molecule is O=C(O)CCNC(=O)c1ccc(C(=O)C(=CC(=O)c2ccc(C3CCCCC3)cc2)c2ccc(OC(F)(F)F)cc2)cc1. The van der Waals surface area contributed by atoms with Gasteiger partial charge in [-0.2, -0.15) is 0 Å². The number of hydrogen-bond acceptors (Lipinski definition) is 5. The van der Waals surface area contributed by atoms with Gasteiger partial charge in [0.1, 0.15) is 5.75 Å². The highest BCUT2D eigenvalue weighted by atomic mass is 19.4. The Hall–Kier alpha value is -4.73.